The van der Waals surface area contributed by atoms with Crippen molar-refractivity contribution in [2.24, 2.45) is 0 Å². The van der Waals surface area contributed by atoms with Crippen molar-refractivity contribution in [2.45, 2.75) is 24.4 Å². The highest BCUT2D eigenvalue weighted by Crippen LogP contribution is 2.29. The Balaban J connectivity index is 2.20. The van der Waals surface area contributed by atoms with Crippen molar-refractivity contribution in [3.63, 3.8) is 0 Å². The summed E-state index contributed by atoms with van der Waals surface area (Å²) < 4.78 is 0.848. The van der Waals surface area contributed by atoms with Gasteiger partial charge in [0.25, 0.3) is 0 Å². The molecule has 1 heterocycles. The fourth-order valence-corrected chi connectivity index (χ4v) is 2.68. The van der Waals surface area contributed by atoms with Crippen LogP contribution in [0.15, 0.2) is 24.3 Å². The van der Waals surface area contributed by atoms with Gasteiger partial charge in [-0.15, -0.1) is 11.3 Å². The van der Waals surface area contributed by atoms with Gasteiger partial charge in [0.1, 0.15) is 29.4 Å². The van der Waals surface area contributed by atoms with Crippen LogP contribution in [0.25, 0.3) is 10.2 Å². The molecule has 0 aliphatic heterocycles. The maximum Gasteiger partial charge on any atom is 0.134 e. The largest absolute Gasteiger partial charge is 0.394 e. The highest BCUT2D eigenvalue weighted by Gasteiger charge is 2.32. The van der Waals surface area contributed by atoms with Crippen molar-refractivity contribution in [1.82, 2.24) is 4.98 Å². The number of aliphatic hydroxyl groups is 5. The quantitative estimate of drug-likeness (QED) is 0.501. The molecule has 0 aliphatic carbocycles. The van der Waals surface area contributed by atoms with Crippen molar-refractivity contribution in [1.29, 1.82) is 0 Å². The molecule has 2 rings (SSSR count). The van der Waals surface area contributed by atoms with E-state index in [1.165, 1.54) is 11.3 Å². The van der Waals surface area contributed by atoms with Gasteiger partial charge in [-0.25, -0.2) is 4.98 Å². The molecule has 0 saturated carbocycles. The van der Waals surface area contributed by atoms with Crippen molar-refractivity contribution in [2.75, 3.05) is 6.61 Å². The van der Waals surface area contributed by atoms with Crippen LogP contribution in [-0.2, 0) is 0 Å². The van der Waals surface area contributed by atoms with E-state index >= 15 is 0 Å². The number of nitrogens with zero attached hydrogens (tertiary/aromatic N) is 1. The van der Waals surface area contributed by atoms with E-state index in [9.17, 15) is 20.4 Å². The number of benzene rings is 1. The molecule has 1 aromatic heterocycles. The van der Waals surface area contributed by atoms with Gasteiger partial charge in [0.15, 0.2) is 0 Å². The summed E-state index contributed by atoms with van der Waals surface area (Å²) in [7, 11) is 0. The predicted molar refractivity (Wildman–Crippen MR) is 69.7 cm³/mol. The van der Waals surface area contributed by atoms with E-state index in [2.05, 4.69) is 4.98 Å². The van der Waals surface area contributed by atoms with Crippen LogP contribution in [0, 0.1) is 0 Å². The molecule has 0 fully saturated rings. The Hall–Kier alpha value is -1.09. The summed E-state index contributed by atoms with van der Waals surface area (Å²) in [5.41, 5.74) is 0.686. The molecule has 104 valence electrons. The van der Waals surface area contributed by atoms with Crippen molar-refractivity contribution in [3.8, 4) is 0 Å². The normalized spacial score (nSPS) is 18.2. The molecule has 0 amide bonds. The maximum atomic E-state index is 9.95. The summed E-state index contributed by atoms with van der Waals surface area (Å²) in [6.07, 6.45) is -6.21. The summed E-state index contributed by atoms with van der Waals surface area (Å²) >= 11 is 1.19. The van der Waals surface area contributed by atoms with Gasteiger partial charge in [0.2, 0.25) is 0 Å². The highest BCUT2D eigenvalue weighted by atomic mass is 32.1. The molecule has 6 nitrogen and oxygen atoms in total. The van der Waals surface area contributed by atoms with Crippen LogP contribution in [0.4, 0.5) is 0 Å². The van der Waals surface area contributed by atoms with Crippen LogP contribution in [-0.4, -0.2) is 55.4 Å². The van der Waals surface area contributed by atoms with Gasteiger partial charge in [-0.1, -0.05) is 12.1 Å². The van der Waals surface area contributed by atoms with Gasteiger partial charge >= 0.3 is 0 Å². The second-order valence-electron chi connectivity index (χ2n) is 4.20. The fourth-order valence-electron chi connectivity index (χ4n) is 1.68. The first-order chi connectivity index (χ1) is 9.04. The van der Waals surface area contributed by atoms with E-state index in [1.54, 1.807) is 12.1 Å². The Labute approximate surface area is 113 Å². The van der Waals surface area contributed by atoms with Gasteiger partial charge in [-0.2, -0.15) is 0 Å². The van der Waals surface area contributed by atoms with Gasteiger partial charge < -0.3 is 25.5 Å². The van der Waals surface area contributed by atoms with Gasteiger partial charge in [-0.05, 0) is 12.1 Å². The molecule has 0 aliphatic rings. The van der Waals surface area contributed by atoms with Crippen LogP contribution in [0.2, 0.25) is 0 Å². The minimum atomic E-state index is -1.65. The molecule has 0 spiro atoms. The molecule has 0 saturated heterocycles. The zero-order valence-corrected chi connectivity index (χ0v) is 10.7. The molecule has 0 radical (unpaired) electrons. The highest BCUT2D eigenvalue weighted by molar-refractivity contribution is 7.18. The van der Waals surface area contributed by atoms with Crippen LogP contribution in [0.3, 0.4) is 0 Å². The number of aliphatic hydroxyl groups excluding tert-OH is 5. The van der Waals surface area contributed by atoms with Crippen LogP contribution >= 0.6 is 11.3 Å². The molecule has 7 heteroatoms. The minimum Gasteiger partial charge on any atom is -0.394 e. The Bertz CT molecular complexity index is 513. The predicted octanol–water partition coefficient (Wildman–Crippen LogP) is -0.595. The third-order valence-electron chi connectivity index (χ3n) is 2.82. The average Bonchev–Trinajstić information content (AvgIpc) is 2.87. The lowest BCUT2D eigenvalue weighted by Gasteiger charge is -2.24. The first-order valence-corrected chi connectivity index (χ1v) is 6.55. The van der Waals surface area contributed by atoms with Crippen molar-refractivity contribution in [3.05, 3.63) is 29.3 Å². The van der Waals surface area contributed by atoms with E-state index in [1.807, 2.05) is 12.1 Å². The molecule has 19 heavy (non-hydrogen) atoms. The molecular weight excluding hydrogens is 270 g/mol. The van der Waals surface area contributed by atoms with Crippen molar-refractivity contribution < 1.29 is 25.5 Å². The van der Waals surface area contributed by atoms with Gasteiger partial charge in [-0.3, -0.25) is 0 Å². The lowest BCUT2D eigenvalue weighted by molar-refractivity contribution is -0.116. The van der Waals surface area contributed by atoms with E-state index in [4.69, 9.17) is 5.11 Å². The Morgan fingerprint density at radius 1 is 1.05 bits per heavy atom. The first-order valence-electron chi connectivity index (χ1n) is 5.73. The zero-order valence-electron chi connectivity index (χ0n) is 9.92. The molecule has 5 N–H and O–H groups in total. The zero-order chi connectivity index (χ0) is 14.0. The topological polar surface area (TPSA) is 114 Å². The molecule has 4 atom stereocenters. The number of fused-ring (bicyclic) bond motifs is 1. The number of aromatic nitrogens is 1. The van der Waals surface area contributed by atoms with Gasteiger partial charge in [0, 0.05) is 0 Å². The van der Waals surface area contributed by atoms with Crippen molar-refractivity contribution >= 4 is 21.6 Å². The number of thiazole rings is 1. The van der Waals surface area contributed by atoms with Crippen LogP contribution in [0.5, 0.6) is 0 Å². The monoisotopic (exact) mass is 285 g/mol. The SMILES string of the molecule is OC[C@@H](O)[C@@H](O)[C@@H](O)[C@H](O)c1nc2ccccc2s1. The van der Waals surface area contributed by atoms with Crippen LogP contribution < -0.4 is 0 Å². The summed E-state index contributed by atoms with van der Waals surface area (Å²) in [6.45, 7) is -0.704. The van der Waals surface area contributed by atoms with E-state index in [-0.39, 0.29) is 5.01 Å². The number of rotatable bonds is 5. The van der Waals surface area contributed by atoms with E-state index in [0.717, 1.165) is 4.70 Å². The number of hydrogen-bond acceptors (Lipinski definition) is 7. The van der Waals surface area contributed by atoms with E-state index in [0.29, 0.717) is 5.52 Å². The Morgan fingerprint density at radius 3 is 2.37 bits per heavy atom. The smallest absolute Gasteiger partial charge is 0.134 e. The minimum absolute atomic E-state index is 0.248. The summed E-state index contributed by atoms with van der Waals surface area (Å²) in [4.78, 5) is 4.15. The Kier molecular flexibility index (Phi) is 4.46. The molecule has 0 unspecified atom stereocenters. The lowest BCUT2D eigenvalue weighted by Crippen LogP contribution is -2.42. The third kappa shape index (κ3) is 2.92. The summed E-state index contributed by atoms with van der Waals surface area (Å²) in [5.74, 6) is 0. The third-order valence-corrected chi connectivity index (χ3v) is 3.93. The van der Waals surface area contributed by atoms with Gasteiger partial charge in [0.05, 0.1) is 16.8 Å². The molecular formula is C12H15NO5S. The van der Waals surface area contributed by atoms with Crippen LogP contribution in [0.1, 0.15) is 11.1 Å². The molecule has 0 bridgehead atoms. The summed E-state index contributed by atoms with van der Waals surface area (Å²) in [5, 5.41) is 47.5. The first kappa shape index (κ1) is 14.3. The Morgan fingerprint density at radius 2 is 1.74 bits per heavy atom. The second kappa shape index (κ2) is 5.91. The number of hydrogen-bond donors (Lipinski definition) is 5. The molecule has 2 aromatic rings. The lowest BCUT2D eigenvalue weighted by atomic mass is 10.0. The van der Waals surface area contributed by atoms with E-state index < -0.39 is 31.0 Å². The second-order valence-corrected chi connectivity index (χ2v) is 5.26. The fraction of sp³-hybridized carbons (Fsp3) is 0.417. The average molecular weight is 285 g/mol. The number of para-hydroxylation sites is 1. The standard InChI is InChI=1S/C12H15NO5S/c14-5-7(15)9(16)10(17)11(18)12-13-6-3-1-2-4-8(6)19-12/h1-4,7,9-11,14-18H,5H2/t7-,9-,10-,11+/m1/s1. The molecule has 1 aromatic carbocycles. The maximum absolute atomic E-state index is 9.95. The summed E-state index contributed by atoms with van der Waals surface area (Å²) in [6, 6.07) is 7.23.